The van der Waals surface area contributed by atoms with Crippen molar-refractivity contribution in [3.05, 3.63) is 23.5 Å². The molecule has 0 aromatic carbocycles. The van der Waals surface area contributed by atoms with Gasteiger partial charge in [-0.25, -0.2) is 4.98 Å². The van der Waals surface area contributed by atoms with Crippen LogP contribution in [0.25, 0.3) is 0 Å². The van der Waals surface area contributed by atoms with Crippen molar-refractivity contribution < 1.29 is 4.79 Å². The molecule has 0 radical (unpaired) electrons. The van der Waals surface area contributed by atoms with Crippen molar-refractivity contribution in [1.29, 1.82) is 0 Å². The van der Waals surface area contributed by atoms with Crippen LogP contribution >= 0.6 is 23.2 Å². The van der Waals surface area contributed by atoms with Crippen LogP contribution in [0.2, 0.25) is 5.15 Å². The highest BCUT2D eigenvalue weighted by Crippen LogP contribution is 2.13. The molecule has 0 aliphatic carbocycles. The molecule has 14 heavy (non-hydrogen) atoms. The summed E-state index contributed by atoms with van der Waals surface area (Å²) in [5.74, 6) is -0.0455. The van der Waals surface area contributed by atoms with Gasteiger partial charge >= 0.3 is 0 Å². The second-order valence-corrected chi connectivity index (χ2v) is 3.61. The fourth-order valence-corrected chi connectivity index (χ4v) is 1.13. The third kappa shape index (κ3) is 3.16. The Morgan fingerprint density at radius 3 is 3.00 bits per heavy atom. The topological polar surface area (TPSA) is 42.0 Å². The van der Waals surface area contributed by atoms with E-state index in [1.807, 2.05) is 0 Å². The quantitative estimate of drug-likeness (QED) is 0.643. The number of rotatable bonds is 3. The van der Waals surface area contributed by atoms with Gasteiger partial charge in [-0.05, 0) is 12.1 Å². The number of halogens is 2. The largest absolute Gasteiger partial charge is 0.326 e. The van der Waals surface area contributed by atoms with Crippen LogP contribution in [0.3, 0.4) is 0 Å². The summed E-state index contributed by atoms with van der Waals surface area (Å²) in [7, 11) is 0. The van der Waals surface area contributed by atoms with E-state index in [9.17, 15) is 4.79 Å². The molecule has 1 atom stereocenters. The van der Waals surface area contributed by atoms with E-state index in [1.54, 1.807) is 19.1 Å². The number of hydrogen-bond acceptors (Lipinski definition) is 2. The van der Waals surface area contributed by atoms with Gasteiger partial charge in [0.2, 0.25) is 5.91 Å². The van der Waals surface area contributed by atoms with Gasteiger partial charge in [0.15, 0.2) is 0 Å². The molecule has 0 spiro atoms. The molecule has 0 aliphatic heterocycles. The van der Waals surface area contributed by atoms with E-state index in [0.29, 0.717) is 16.7 Å². The minimum absolute atomic E-state index is 0.123. The van der Waals surface area contributed by atoms with Crippen molar-refractivity contribution in [3.63, 3.8) is 0 Å². The van der Waals surface area contributed by atoms with Gasteiger partial charge in [0.05, 0.1) is 0 Å². The van der Waals surface area contributed by atoms with E-state index in [1.165, 1.54) is 6.20 Å². The molecule has 0 aliphatic rings. The summed E-state index contributed by atoms with van der Waals surface area (Å²) in [5.41, 5.74) is 0.631. The van der Waals surface area contributed by atoms with E-state index in [0.717, 1.165) is 0 Å². The summed E-state index contributed by atoms with van der Waals surface area (Å²) in [6.45, 7) is 1.76. The van der Waals surface area contributed by atoms with Crippen LogP contribution in [-0.2, 0) is 4.79 Å². The van der Waals surface area contributed by atoms with Gasteiger partial charge in [-0.2, -0.15) is 0 Å². The van der Waals surface area contributed by atoms with E-state index >= 15 is 0 Å². The smallest absolute Gasteiger partial charge is 0.228 e. The van der Waals surface area contributed by atoms with Crippen molar-refractivity contribution in [3.8, 4) is 0 Å². The molecule has 3 nitrogen and oxygen atoms in total. The molecule has 76 valence electrons. The third-order valence-electron chi connectivity index (χ3n) is 1.67. The van der Waals surface area contributed by atoms with Crippen LogP contribution in [0.4, 0.5) is 5.69 Å². The summed E-state index contributed by atoms with van der Waals surface area (Å²) in [6, 6.07) is 3.26. The zero-order valence-corrected chi connectivity index (χ0v) is 9.14. The summed E-state index contributed by atoms with van der Waals surface area (Å²) in [4.78, 5) is 15.2. The average Bonchev–Trinajstić information content (AvgIpc) is 2.16. The molecule has 0 saturated carbocycles. The molecule has 1 aromatic heterocycles. The monoisotopic (exact) mass is 232 g/mol. The Morgan fingerprint density at radius 1 is 1.71 bits per heavy atom. The van der Waals surface area contributed by atoms with Gasteiger partial charge in [0.1, 0.15) is 5.15 Å². The van der Waals surface area contributed by atoms with E-state index in [4.69, 9.17) is 23.2 Å². The van der Waals surface area contributed by atoms with Crippen LogP contribution < -0.4 is 5.32 Å². The summed E-state index contributed by atoms with van der Waals surface area (Å²) < 4.78 is 0. The molecule has 5 heteroatoms. The van der Waals surface area contributed by atoms with Gasteiger partial charge in [0.25, 0.3) is 0 Å². The molecular formula is C9H10Cl2N2O. The maximum atomic E-state index is 11.4. The molecule has 0 bridgehead atoms. The van der Waals surface area contributed by atoms with E-state index in [-0.39, 0.29) is 11.8 Å². The SMILES string of the molecule is CC(CCl)C(=O)Nc1ccnc(Cl)c1. The maximum absolute atomic E-state index is 11.4. The van der Waals surface area contributed by atoms with Crippen LogP contribution in [0.1, 0.15) is 6.92 Å². The Labute approximate surface area is 92.4 Å². The molecule has 1 amide bonds. The number of aromatic nitrogens is 1. The Morgan fingerprint density at radius 2 is 2.43 bits per heavy atom. The van der Waals surface area contributed by atoms with Crippen molar-refractivity contribution in [2.24, 2.45) is 5.92 Å². The lowest BCUT2D eigenvalue weighted by atomic mass is 10.2. The second kappa shape index (κ2) is 5.17. The first-order valence-corrected chi connectivity index (χ1v) is 5.03. The Kier molecular flexibility index (Phi) is 4.17. The molecule has 0 fully saturated rings. The molecule has 1 rings (SSSR count). The Balaban J connectivity index is 2.65. The summed E-state index contributed by atoms with van der Waals surface area (Å²) >= 11 is 11.2. The number of nitrogens with zero attached hydrogens (tertiary/aromatic N) is 1. The van der Waals surface area contributed by atoms with Crippen molar-refractivity contribution in [2.45, 2.75) is 6.92 Å². The van der Waals surface area contributed by atoms with Crippen molar-refractivity contribution >= 4 is 34.8 Å². The molecule has 1 unspecified atom stereocenters. The molecular weight excluding hydrogens is 223 g/mol. The van der Waals surface area contributed by atoms with Crippen LogP contribution in [0.15, 0.2) is 18.3 Å². The first-order chi connectivity index (χ1) is 6.63. The number of carbonyl (C=O) groups is 1. The minimum atomic E-state index is -0.219. The number of hydrogen-bond donors (Lipinski definition) is 1. The highest BCUT2D eigenvalue weighted by Gasteiger charge is 2.11. The fraction of sp³-hybridized carbons (Fsp3) is 0.333. The number of pyridine rings is 1. The lowest BCUT2D eigenvalue weighted by molar-refractivity contribution is -0.118. The number of carbonyl (C=O) groups excluding carboxylic acids is 1. The lowest BCUT2D eigenvalue weighted by Gasteiger charge is -2.08. The van der Waals surface area contributed by atoms with Gasteiger partial charge in [-0.3, -0.25) is 4.79 Å². The van der Waals surface area contributed by atoms with Crippen LogP contribution in [0, 0.1) is 5.92 Å². The molecule has 1 N–H and O–H groups in total. The third-order valence-corrected chi connectivity index (χ3v) is 2.34. The maximum Gasteiger partial charge on any atom is 0.228 e. The number of alkyl halides is 1. The van der Waals surface area contributed by atoms with Gasteiger partial charge in [-0.1, -0.05) is 18.5 Å². The zero-order valence-electron chi connectivity index (χ0n) is 7.63. The van der Waals surface area contributed by atoms with Gasteiger partial charge in [0, 0.05) is 23.7 Å². The highest BCUT2D eigenvalue weighted by atomic mass is 35.5. The predicted molar refractivity (Wildman–Crippen MR) is 57.8 cm³/mol. The zero-order chi connectivity index (χ0) is 10.6. The Hall–Kier alpha value is -0.800. The summed E-state index contributed by atoms with van der Waals surface area (Å²) in [5, 5.41) is 3.03. The van der Waals surface area contributed by atoms with E-state index in [2.05, 4.69) is 10.3 Å². The number of anilines is 1. The van der Waals surface area contributed by atoms with Crippen molar-refractivity contribution in [1.82, 2.24) is 4.98 Å². The van der Waals surface area contributed by atoms with Crippen LogP contribution in [-0.4, -0.2) is 16.8 Å². The van der Waals surface area contributed by atoms with E-state index < -0.39 is 0 Å². The second-order valence-electron chi connectivity index (χ2n) is 2.91. The molecule has 1 heterocycles. The predicted octanol–water partition coefficient (Wildman–Crippen LogP) is 2.55. The molecule has 0 saturated heterocycles. The average molecular weight is 233 g/mol. The first kappa shape index (κ1) is 11.3. The van der Waals surface area contributed by atoms with Gasteiger partial charge < -0.3 is 5.32 Å². The Bertz CT molecular complexity index is 330. The highest BCUT2D eigenvalue weighted by molar-refractivity contribution is 6.29. The minimum Gasteiger partial charge on any atom is -0.326 e. The number of amides is 1. The summed E-state index contributed by atoms with van der Waals surface area (Å²) in [6.07, 6.45) is 1.53. The number of nitrogens with one attached hydrogen (secondary N) is 1. The fourth-order valence-electron chi connectivity index (χ4n) is 0.816. The lowest BCUT2D eigenvalue weighted by Crippen LogP contribution is -2.21. The van der Waals surface area contributed by atoms with Crippen LogP contribution in [0.5, 0.6) is 0 Å². The normalized spacial score (nSPS) is 12.2. The van der Waals surface area contributed by atoms with Crippen molar-refractivity contribution in [2.75, 3.05) is 11.2 Å². The van der Waals surface area contributed by atoms with Gasteiger partial charge in [-0.15, -0.1) is 11.6 Å². The standard InChI is InChI=1S/C9H10Cl2N2O/c1-6(5-10)9(14)13-7-2-3-12-8(11)4-7/h2-4,6H,5H2,1H3,(H,12,13,14). The molecule has 1 aromatic rings. The first-order valence-electron chi connectivity index (χ1n) is 4.12.